The molecule has 0 aliphatic heterocycles. The van der Waals surface area contributed by atoms with E-state index in [9.17, 15) is 0 Å². The summed E-state index contributed by atoms with van der Waals surface area (Å²) in [6.45, 7) is 0. The molecule has 0 aliphatic rings. The lowest BCUT2D eigenvalue weighted by Crippen LogP contribution is -1.90. The zero-order valence-electron chi connectivity index (χ0n) is 21.1. The van der Waals surface area contributed by atoms with E-state index in [0.717, 1.165) is 44.4 Å². The number of anilines is 2. The Morgan fingerprint density at radius 2 is 1.10 bits per heavy atom. The number of rotatable bonds is 4. The molecule has 0 radical (unpaired) electrons. The molecule has 0 saturated heterocycles. The van der Waals surface area contributed by atoms with Gasteiger partial charge in [0, 0.05) is 49.5 Å². The molecule has 2 aromatic heterocycles. The number of benzene rings is 6. The highest BCUT2D eigenvalue weighted by atomic mass is 16.3. The summed E-state index contributed by atoms with van der Waals surface area (Å²) in [5.74, 6) is 0. The van der Waals surface area contributed by atoms with Crippen LogP contribution in [-0.2, 0) is 0 Å². The van der Waals surface area contributed by atoms with Crippen LogP contribution in [0.15, 0.2) is 138 Å². The summed E-state index contributed by atoms with van der Waals surface area (Å²) < 4.78 is 6.23. The van der Waals surface area contributed by atoms with Crippen LogP contribution in [0.25, 0.3) is 66.0 Å². The number of H-pyrrole nitrogens is 1. The summed E-state index contributed by atoms with van der Waals surface area (Å²) in [4.78, 5) is 3.51. The van der Waals surface area contributed by atoms with Gasteiger partial charge in [-0.25, -0.2) is 0 Å². The van der Waals surface area contributed by atoms with Gasteiger partial charge in [0.15, 0.2) is 0 Å². The van der Waals surface area contributed by atoms with Crippen LogP contribution in [0, 0.1) is 0 Å². The molecule has 0 aliphatic carbocycles. The maximum Gasteiger partial charge on any atom is 0.143 e. The van der Waals surface area contributed by atoms with Crippen molar-refractivity contribution in [2.75, 3.05) is 5.32 Å². The van der Waals surface area contributed by atoms with E-state index in [1.54, 1.807) is 0 Å². The van der Waals surface area contributed by atoms with Gasteiger partial charge < -0.3 is 14.7 Å². The fourth-order valence-electron chi connectivity index (χ4n) is 5.65. The van der Waals surface area contributed by atoms with Crippen molar-refractivity contribution in [2.45, 2.75) is 0 Å². The van der Waals surface area contributed by atoms with Gasteiger partial charge in [0.2, 0.25) is 0 Å². The zero-order chi connectivity index (χ0) is 25.8. The lowest BCUT2D eigenvalue weighted by Gasteiger charge is -2.10. The van der Waals surface area contributed by atoms with Gasteiger partial charge in [-0.2, -0.15) is 0 Å². The molecule has 184 valence electrons. The van der Waals surface area contributed by atoms with E-state index in [0.29, 0.717) is 0 Å². The van der Waals surface area contributed by atoms with Gasteiger partial charge in [0.1, 0.15) is 11.2 Å². The highest BCUT2D eigenvalue weighted by Gasteiger charge is 2.12. The van der Waals surface area contributed by atoms with E-state index in [-0.39, 0.29) is 0 Å². The van der Waals surface area contributed by atoms with Gasteiger partial charge in [-0.15, -0.1) is 0 Å². The molecule has 0 unspecified atom stereocenters. The summed E-state index contributed by atoms with van der Waals surface area (Å²) in [5, 5.41) is 8.35. The van der Waals surface area contributed by atoms with Crippen molar-refractivity contribution >= 4 is 55.1 Å². The number of nitrogens with one attached hydrogen (secondary N) is 2. The normalized spacial score (nSPS) is 11.6. The average Bonchev–Trinajstić information content (AvgIpc) is 3.56. The number of hydrogen-bond acceptors (Lipinski definition) is 2. The Labute approximate surface area is 225 Å². The zero-order valence-corrected chi connectivity index (χ0v) is 21.1. The van der Waals surface area contributed by atoms with Crippen LogP contribution < -0.4 is 5.32 Å². The second kappa shape index (κ2) is 8.64. The van der Waals surface area contributed by atoms with Gasteiger partial charge in [0.05, 0.1) is 0 Å². The van der Waals surface area contributed by atoms with Crippen LogP contribution >= 0.6 is 0 Å². The second-order valence-electron chi connectivity index (χ2n) is 9.99. The fourth-order valence-corrected chi connectivity index (χ4v) is 5.65. The van der Waals surface area contributed by atoms with Gasteiger partial charge in [-0.05, 0) is 65.2 Å². The maximum atomic E-state index is 6.23. The minimum absolute atomic E-state index is 0.919. The van der Waals surface area contributed by atoms with Gasteiger partial charge in [0.25, 0.3) is 0 Å². The predicted octanol–water partition coefficient (Wildman–Crippen LogP) is 10.3. The number of aromatic amines is 1. The van der Waals surface area contributed by atoms with E-state index in [1.807, 2.05) is 12.1 Å². The van der Waals surface area contributed by atoms with Crippen molar-refractivity contribution in [1.82, 2.24) is 4.98 Å². The second-order valence-corrected chi connectivity index (χ2v) is 9.99. The lowest BCUT2D eigenvalue weighted by molar-refractivity contribution is 0.670. The molecular formula is C36H24N2O. The van der Waals surface area contributed by atoms with E-state index in [4.69, 9.17) is 4.42 Å². The Hall–Kier alpha value is -5.28. The third-order valence-corrected chi connectivity index (χ3v) is 7.61. The first-order chi connectivity index (χ1) is 19.3. The average molecular weight is 501 g/mol. The fraction of sp³-hybridized carbons (Fsp3) is 0. The monoisotopic (exact) mass is 500 g/mol. The van der Waals surface area contributed by atoms with Crippen molar-refractivity contribution in [3.8, 4) is 22.3 Å². The topological polar surface area (TPSA) is 41.0 Å². The Balaban J connectivity index is 1.05. The standard InChI is InChI=1S/C36H24N2O/c1-3-10-33-29(6-1)32-22-25(16-21-34(32)38-33)23-12-17-26(18-13-23)37-27-19-14-24(15-20-27)28-8-5-9-31-30-7-2-4-11-35(30)39-36(28)31/h1-22,37-38H. The summed E-state index contributed by atoms with van der Waals surface area (Å²) in [7, 11) is 0. The largest absolute Gasteiger partial charge is 0.455 e. The van der Waals surface area contributed by atoms with Gasteiger partial charge >= 0.3 is 0 Å². The number of aromatic nitrogens is 1. The molecule has 8 rings (SSSR count). The first kappa shape index (κ1) is 21.8. The molecule has 8 aromatic rings. The summed E-state index contributed by atoms with van der Waals surface area (Å²) >= 11 is 0. The van der Waals surface area contributed by atoms with Crippen molar-refractivity contribution in [2.24, 2.45) is 0 Å². The van der Waals surface area contributed by atoms with Crippen molar-refractivity contribution < 1.29 is 4.42 Å². The third-order valence-electron chi connectivity index (χ3n) is 7.61. The molecule has 3 heteroatoms. The summed E-state index contributed by atoms with van der Waals surface area (Å²) in [5.41, 5.74) is 10.9. The molecule has 0 atom stereocenters. The highest BCUT2D eigenvalue weighted by Crippen LogP contribution is 2.36. The van der Waals surface area contributed by atoms with E-state index >= 15 is 0 Å². The SMILES string of the molecule is c1ccc2c(c1)[nH]c1ccc(-c3ccc(Nc4ccc(-c5cccc6c5oc5ccccc56)cc4)cc3)cc12. The molecule has 39 heavy (non-hydrogen) atoms. The summed E-state index contributed by atoms with van der Waals surface area (Å²) in [6.07, 6.45) is 0. The van der Waals surface area contributed by atoms with Crippen LogP contribution in [0.1, 0.15) is 0 Å². The molecule has 6 aromatic carbocycles. The molecule has 0 spiro atoms. The maximum absolute atomic E-state index is 6.23. The Kier molecular flexibility index (Phi) is 4.82. The number of hydrogen-bond donors (Lipinski definition) is 2. The van der Waals surface area contributed by atoms with Crippen molar-refractivity contribution in [1.29, 1.82) is 0 Å². The van der Waals surface area contributed by atoms with E-state index in [2.05, 4.69) is 132 Å². The predicted molar refractivity (Wildman–Crippen MR) is 164 cm³/mol. The van der Waals surface area contributed by atoms with Crippen molar-refractivity contribution in [3.05, 3.63) is 133 Å². The van der Waals surface area contributed by atoms with Crippen molar-refractivity contribution in [3.63, 3.8) is 0 Å². The Morgan fingerprint density at radius 3 is 1.92 bits per heavy atom. The minimum atomic E-state index is 0.919. The number of fused-ring (bicyclic) bond motifs is 6. The number of furan rings is 1. The van der Waals surface area contributed by atoms with Crippen LogP contribution in [0.2, 0.25) is 0 Å². The van der Waals surface area contributed by atoms with E-state index < -0.39 is 0 Å². The first-order valence-electron chi connectivity index (χ1n) is 13.2. The van der Waals surface area contributed by atoms with Crippen LogP contribution in [0.5, 0.6) is 0 Å². The molecular weight excluding hydrogens is 476 g/mol. The molecule has 2 N–H and O–H groups in total. The molecule has 3 nitrogen and oxygen atoms in total. The van der Waals surface area contributed by atoms with Crippen LogP contribution in [-0.4, -0.2) is 4.98 Å². The minimum Gasteiger partial charge on any atom is -0.455 e. The molecule has 2 heterocycles. The Bertz CT molecular complexity index is 2130. The lowest BCUT2D eigenvalue weighted by atomic mass is 10.0. The van der Waals surface area contributed by atoms with Crippen LogP contribution in [0.4, 0.5) is 11.4 Å². The molecule has 0 fully saturated rings. The van der Waals surface area contributed by atoms with Crippen LogP contribution in [0.3, 0.4) is 0 Å². The number of para-hydroxylation sites is 3. The first-order valence-corrected chi connectivity index (χ1v) is 13.2. The third kappa shape index (κ3) is 3.67. The Morgan fingerprint density at radius 1 is 0.462 bits per heavy atom. The van der Waals surface area contributed by atoms with Gasteiger partial charge in [-0.1, -0.05) is 84.9 Å². The molecule has 0 bridgehead atoms. The highest BCUT2D eigenvalue weighted by molar-refractivity contribution is 6.10. The quantitative estimate of drug-likeness (QED) is 0.252. The summed E-state index contributed by atoms with van der Waals surface area (Å²) in [6, 6.07) is 46.8. The van der Waals surface area contributed by atoms with E-state index in [1.165, 1.54) is 32.9 Å². The molecule has 0 amide bonds. The van der Waals surface area contributed by atoms with Gasteiger partial charge in [-0.3, -0.25) is 0 Å². The molecule has 0 saturated carbocycles. The smallest absolute Gasteiger partial charge is 0.143 e.